The minimum absolute atomic E-state index is 0.0389. The van der Waals surface area contributed by atoms with E-state index >= 15 is 0 Å². The third-order valence-corrected chi connectivity index (χ3v) is 7.49. The van der Waals surface area contributed by atoms with E-state index in [0.717, 1.165) is 36.3 Å². The zero-order chi connectivity index (χ0) is 26.4. The van der Waals surface area contributed by atoms with E-state index in [2.05, 4.69) is 74.0 Å². The number of carbonyl (C=O) groups excluding carboxylic acids is 1. The monoisotopic (exact) mass is 500 g/mol. The van der Waals surface area contributed by atoms with Crippen molar-refractivity contribution in [3.63, 3.8) is 0 Å². The third kappa shape index (κ3) is 6.37. The molecule has 1 amide bonds. The van der Waals surface area contributed by atoms with Crippen molar-refractivity contribution in [3.8, 4) is 0 Å². The second-order valence-corrected chi connectivity index (χ2v) is 10.3. The summed E-state index contributed by atoms with van der Waals surface area (Å²) in [5.41, 5.74) is 3.68. The molecular formula is C31H40N4O2. The van der Waals surface area contributed by atoms with Crippen LogP contribution in [0.4, 0.5) is 11.5 Å². The van der Waals surface area contributed by atoms with E-state index in [4.69, 9.17) is 9.72 Å². The number of benzene rings is 2. The first kappa shape index (κ1) is 26.8. The van der Waals surface area contributed by atoms with Crippen LogP contribution in [-0.4, -0.2) is 36.0 Å². The molecule has 6 nitrogen and oxygen atoms in total. The van der Waals surface area contributed by atoms with Crippen LogP contribution in [0.1, 0.15) is 86.3 Å². The van der Waals surface area contributed by atoms with Crippen molar-refractivity contribution in [1.82, 2.24) is 9.97 Å². The Bertz CT molecular complexity index is 1180. The maximum absolute atomic E-state index is 13.6. The SMILES string of the molecule is CCC(C)CC(OCc1cccc(N2CCN(C)c3nc(C(C)CC)ncc3C2=O)c1)c1ccccc1. The molecule has 196 valence electrons. The van der Waals surface area contributed by atoms with Crippen LogP contribution in [0.15, 0.2) is 60.8 Å². The van der Waals surface area contributed by atoms with Crippen molar-refractivity contribution in [2.75, 3.05) is 29.9 Å². The molecule has 2 heterocycles. The van der Waals surface area contributed by atoms with Crippen LogP contribution < -0.4 is 9.80 Å². The molecule has 0 aliphatic carbocycles. The highest BCUT2D eigenvalue weighted by Gasteiger charge is 2.28. The second-order valence-electron chi connectivity index (χ2n) is 10.3. The Kier molecular flexibility index (Phi) is 8.93. The van der Waals surface area contributed by atoms with Gasteiger partial charge in [-0.1, -0.05) is 76.6 Å². The number of hydrogen-bond acceptors (Lipinski definition) is 5. The quantitative estimate of drug-likeness (QED) is 0.307. The molecule has 1 aromatic heterocycles. The summed E-state index contributed by atoms with van der Waals surface area (Å²) in [4.78, 5) is 26.9. The van der Waals surface area contributed by atoms with Gasteiger partial charge in [-0.2, -0.15) is 0 Å². The van der Waals surface area contributed by atoms with Gasteiger partial charge in [-0.15, -0.1) is 0 Å². The highest BCUT2D eigenvalue weighted by Crippen LogP contribution is 2.30. The number of nitrogens with zero attached hydrogens (tertiary/aromatic N) is 4. The van der Waals surface area contributed by atoms with Gasteiger partial charge in [0.25, 0.3) is 5.91 Å². The lowest BCUT2D eigenvalue weighted by molar-refractivity contribution is 0.0240. The number of rotatable bonds is 10. The first-order chi connectivity index (χ1) is 17.9. The molecule has 3 atom stereocenters. The molecule has 37 heavy (non-hydrogen) atoms. The summed E-state index contributed by atoms with van der Waals surface area (Å²) in [6.45, 7) is 10.5. The molecule has 0 radical (unpaired) electrons. The highest BCUT2D eigenvalue weighted by molar-refractivity contribution is 6.09. The molecule has 0 bridgehead atoms. The van der Waals surface area contributed by atoms with Crippen LogP contribution in [0, 0.1) is 5.92 Å². The van der Waals surface area contributed by atoms with Gasteiger partial charge in [0.1, 0.15) is 17.2 Å². The van der Waals surface area contributed by atoms with E-state index in [1.54, 1.807) is 6.20 Å². The van der Waals surface area contributed by atoms with E-state index in [1.165, 1.54) is 5.56 Å². The summed E-state index contributed by atoms with van der Waals surface area (Å²) in [6, 6.07) is 18.6. The first-order valence-electron chi connectivity index (χ1n) is 13.6. The van der Waals surface area contributed by atoms with Gasteiger partial charge in [-0.05, 0) is 42.0 Å². The lowest BCUT2D eigenvalue weighted by atomic mass is 9.96. The zero-order valence-corrected chi connectivity index (χ0v) is 22.9. The molecule has 2 aromatic carbocycles. The summed E-state index contributed by atoms with van der Waals surface area (Å²) in [7, 11) is 1.99. The Labute approximate surface area is 221 Å². The molecule has 3 unspecified atom stereocenters. The van der Waals surface area contributed by atoms with Crippen LogP contribution >= 0.6 is 0 Å². The lowest BCUT2D eigenvalue weighted by Crippen LogP contribution is -2.33. The van der Waals surface area contributed by atoms with Crippen molar-refractivity contribution in [2.45, 2.75) is 65.6 Å². The standard InChI is InChI=1S/C31H40N4O2/c1-6-22(3)18-28(25-13-9-8-10-14-25)37-21-24-12-11-15-26(19-24)35-17-16-34(5)30-27(31(35)36)20-32-29(33-30)23(4)7-2/h8-15,19-20,22-23,28H,6-7,16-18,21H2,1-5H3. The van der Waals surface area contributed by atoms with E-state index in [9.17, 15) is 4.79 Å². The van der Waals surface area contributed by atoms with Gasteiger partial charge < -0.3 is 14.5 Å². The summed E-state index contributed by atoms with van der Waals surface area (Å²) in [5, 5.41) is 0. The molecule has 0 fully saturated rings. The minimum atomic E-state index is -0.0629. The molecule has 6 heteroatoms. The van der Waals surface area contributed by atoms with Crippen LogP contribution in [0.2, 0.25) is 0 Å². The van der Waals surface area contributed by atoms with Crippen molar-refractivity contribution in [3.05, 3.63) is 83.3 Å². The molecular weight excluding hydrogens is 460 g/mol. The molecule has 0 spiro atoms. The van der Waals surface area contributed by atoms with Gasteiger partial charge in [0.15, 0.2) is 0 Å². The fraction of sp³-hybridized carbons (Fsp3) is 0.452. The summed E-state index contributed by atoms with van der Waals surface area (Å²) in [6.07, 6.45) is 4.80. The fourth-order valence-corrected chi connectivity index (χ4v) is 4.61. The van der Waals surface area contributed by atoms with Crippen LogP contribution in [0.3, 0.4) is 0 Å². The number of anilines is 2. The average Bonchev–Trinajstić information content (AvgIpc) is 3.06. The Morgan fingerprint density at radius 2 is 1.78 bits per heavy atom. The Hall–Kier alpha value is -3.25. The number of hydrogen-bond donors (Lipinski definition) is 0. The predicted octanol–water partition coefficient (Wildman–Crippen LogP) is 6.78. The highest BCUT2D eigenvalue weighted by atomic mass is 16.5. The summed E-state index contributed by atoms with van der Waals surface area (Å²) in [5.74, 6) is 2.27. The molecule has 3 aromatic rings. The fourth-order valence-electron chi connectivity index (χ4n) is 4.61. The average molecular weight is 501 g/mol. The van der Waals surface area contributed by atoms with E-state index in [0.29, 0.717) is 37.0 Å². The van der Waals surface area contributed by atoms with Crippen molar-refractivity contribution in [2.24, 2.45) is 5.92 Å². The number of ether oxygens (including phenoxy) is 1. The Morgan fingerprint density at radius 3 is 2.51 bits per heavy atom. The Morgan fingerprint density at radius 1 is 1.00 bits per heavy atom. The number of aromatic nitrogens is 2. The molecule has 0 saturated heterocycles. The van der Waals surface area contributed by atoms with Gasteiger partial charge in [0.05, 0.1) is 12.7 Å². The van der Waals surface area contributed by atoms with Crippen LogP contribution in [0.5, 0.6) is 0 Å². The van der Waals surface area contributed by atoms with E-state index < -0.39 is 0 Å². The summed E-state index contributed by atoms with van der Waals surface area (Å²) < 4.78 is 6.47. The largest absolute Gasteiger partial charge is 0.369 e. The van der Waals surface area contributed by atoms with Gasteiger partial charge >= 0.3 is 0 Å². The summed E-state index contributed by atoms with van der Waals surface area (Å²) >= 11 is 0. The van der Waals surface area contributed by atoms with Gasteiger partial charge in [-0.25, -0.2) is 9.97 Å². The maximum Gasteiger partial charge on any atom is 0.263 e. The zero-order valence-electron chi connectivity index (χ0n) is 22.9. The van der Waals surface area contributed by atoms with Crippen LogP contribution in [-0.2, 0) is 11.3 Å². The maximum atomic E-state index is 13.6. The number of amides is 1. The van der Waals surface area contributed by atoms with Crippen molar-refractivity contribution in [1.29, 1.82) is 0 Å². The topological polar surface area (TPSA) is 58.6 Å². The van der Waals surface area contributed by atoms with Crippen molar-refractivity contribution >= 4 is 17.4 Å². The third-order valence-electron chi connectivity index (χ3n) is 7.49. The first-order valence-corrected chi connectivity index (χ1v) is 13.6. The lowest BCUT2D eigenvalue weighted by Gasteiger charge is -2.23. The molecule has 1 aliphatic rings. The molecule has 1 aliphatic heterocycles. The van der Waals surface area contributed by atoms with E-state index in [1.807, 2.05) is 30.1 Å². The van der Waals surface area contributed by atoms with Gasteiger partial charge in [0.2, 0.25) is 0 Å². The molecule has 0 saturated carbocycles. The van der Waals surface area contributed by atoms with Gasteiger partial charge in [-0.3, -0.25) is 4.79 Å². The number of fused-ring (bicyclic) bond motifs is 1. The minimum Gasteiger partial charge on any atom is -0.369 e. The Balaban J connectivity index is 1.54. The van der Waals surface area contributed by atoms with Crippen molar-refractivity contribution < 1.29 is 9.53 Å². The van der Waals surface area contributed by atoms with Crippen LogP contribution in [0.25, 0.3) is 0 Å². The molecule has 4 rings (SSSR count). The number of carbonyl (C=O) groups is 1. The normalized spacial score (nSPS) is 16.2. The smallest absolute Gasteiger partial charge is 0.263 e. The molecule has 0 N–H and O–H groups in total. The number of likely N-dealkylation sites (N-methyl/N-ethyl adjacent to an activating group) is 1. The second kappa shape index (κ2) is 12.3. The van der Waals surface area contributed by atoms with E-state index in [-0.39, 0.29) is 17.9 Å². The van der Waals surface area contributed by atoms with Gasteiger partial charge in [0, 0.05) is 37.9 Å². The predicted molar refractivity (Wildman–Crippen MR) is 150 cm³/mol.